The van der Waals surface area contributed by atoms with Crippen LogP contribution in [0.2, 0.25) is 0 Å². The van der Waals surface area contributed by atoms with Gasteiger partial charge in [0.1, 0.15) is 12.3 Å². The van der Waals surface area contributed by atoms with Crippen molar-refractivity contribution in [3.8, 4) is 5.75 Å². The van der Waals surface area contributed by atoms with Gasteiger partial charge < -0.3 is 24.3 Å². The van der Waals surface area contributed by atoms with E-state index in [1.54, 1.807) is 4.90 Å². The number of nitrogens with one attached hydrogen (secondary N) is 1. The smallest absolute Gasteiger partial charge is 0.416 e. The van der Waals surface area contributed by atoms with E-state index >= 15 is 0 Å². The second-order valence-electron chi connectivity index (χ2n) is 10.2. The normalized spacial score (nSPS) is 11.5. The summed E-state index contributed by atoms with van der Waals surface area (Å²) in [5, 5.41) is 1.07. The Balaban J connectivity index is 1.57. The number of methoxy groups -OCH3 is 1. The van der Waals surface area contributed by atoms with Crippen molar-refractivity contribution in [3.05, 3.63) is 101 Å². The molecule has 1 aromatic heterocycles. The number of benzene rings is 3. The van der Waals surface area contributed by atoms with E-state index in [1.165, 1.54) is 24.1 Å². The van der Waals surface area contributed by atoms with Gasteiger partial charge in [-0.15, -0.1) is 0 Å². The molecular weight excluding hydrogens is 559 g/mol. The first-order valence-corrected chi connectivity index (χ1v) is 14.2. The van der Waals surface area contributed by atoms with Crippen LogP contribution in [0, 0.1) is 0 Å². The molecule has 1 heterocycles. The standard InChI is InChI=1S/C33H36F3N3O4/c1-3-43-28-14-12-24(13-15-28)22-38(18-16-26-21-37-30-11-5-4-10-29(26)30)31(40)23-39(17-7-19-42-2)32(41)25-8-6-9-27(20-25)33(34,35)36/h4-6,8-15,20-21,37H,3,7,16-19,22-23H2,1-2H3. The van der Waals surface area contributed by atoms with E-state index in [-0.39, 0.29) is 31.1 Å². The van der Waals surface area contributed by atoms with E-state index in [1.807, 2.05) is 61.7 Å². The molecule has 0 unspecified atom stereocenters. The lowest BCUT2D eigenvalue weighted by molar-refractivity contribution is -0.137. The molecule has 4 rings (SSSR count). The van der Waals surface area contributed by atoms with Crippen LogP contribution in [0.15, 0.2) is 79.0 Å². The van der Waals surface area contributed by atoms with Crippen LogP contribution in [-0.4, -0.2) is 66.6 Å². The van der Waals surface area contributed by atoms with Crippen molar-refractivity contribution in [2.75, 3.05) is 40.0 Å². The van der Waals surface area contributed by atoms with Gasteiger partial charge in [-0.1, -0.05) is 36.4 Å². The van der Waals surface area contributed by atoms with Crippen molar-refractivity contribution in [1.29, 1.82) is 0 Å². The summed E-state index contributed by atoms with van der Waals surface area (Å²) in [6, 6.07) is 19.6. The molecule has 228 valence electrons. The van der Waals surface area contributed by atoms with Crippen LogP contribution in [0.1, 0.15) is 40.4 Å². The lowest BCUT2D eigenvalue weighted by Crippen LogP contribution is -2.44. The van der Waals surface area contributed by atoms with Crippen LogP contribution in [0.4, 0.5) is 13.2 Å². The molecule has 0 aliphatic heterocycles. The maximum atomic E-state index is 13.8. The molecule has 0 saturated carbocycles. The number of carbonyl (C=O) groups is 2. The Labute approximate surface area is 249 Å². The molecule has 10 heteroatoms. The lowest BCUT2D eigenvalue weighted by atomic mass is 10.1. The zero-order chi connectivity index (χ0) is 30.8. The van der Waals surface area contributed by atoms with Crippen LogP contribution < -0.4 is 4.74 Å². The Morgan fingerprint density at radius 3 is 2.42 bits per heavy atom. The van der Waals surface area contributed by atoms with Gasteiger partial charge in [0.15, 0.2) is 0 Å². The van der Waals surface area contributed by atoms with Gasteiger partial charge in [0.05, 0.1) is 12.2 Å². The fourth-order valence-corrected chi connectivity index (χ4v) is 4.89. The molecular formula is C33H36F3N3O4. The number of H-pyrrole nitrogens is 1. The number of halogens is 3. The van der Waals surface area contributed by atoms with Gasteiger partial charge in [0, 0.05) is 56.0 Å². The second kappa shape index (κ2) is 14.7. The summed E-state index contributed by atoms with van der Waals surface area (Å²) in [4.78, 5) is 33.5. The van der Waals surface area contributed by atoms with Gasteiger partial charge >= 0.3 is 6.18 Å². The summed E-state index contributed by atoms with van der Waals surface area (Å²) in [6.45, 7) is 3.29. The summed E-state index contributed by atoms with van der Waals surface area (Å²) in [5.41, 5.74) is 1.88. The van der Waals surface area contributed by atoms with Crippen LogP contribution in [0.25, 0.3) is 10.9 Å². The fraction of sp³-hybridized carbons (Fsp3) is 0.333. The average Bonchev–Trinajstić information content (AvgIpc) is 3.42. The van der Waals surface area contributed by atoms with Crippen molar-refractivity contribution < 1.29 is 32.2 Å². The third-order valence-electron chi connectivity index (χ3n) is 7.11. The first-order valence-electron chi connectivity index (χ1n) is 14.2. The number of alkyl halides is 3. The number of carbonyl (C=O) groups excluding carboxylic acids is 2. The number of hydrogen-bond donors (Lipinski definition) is 1. The first-order chi connectivity index (χ1) is 20.7. The Morgan fingerprint density at radius 1 is 0.930 bits per heavy atom. The minimum absolute atomic E-state index is 0.128. The van der Waals surface area contributed by atoms with Gasteiger partial charge in [-0.05, 0) is 67.3 Å². The number of ether oxygens (including phenoxy) is 2. The third kappa shape index (κ3) is 8.61. The Kier molecular flexibility index (Phi) is 10.8. The molecule has 3 aromatic carbocycles. The van der Waals surface area contributed by atoms with Gasteiger partial charge in [0.25, 0.3) is 5.91 Å². The highest BCUT2D eigenvalue weighted by molar-refractivity contribution is 5.96. The van der Waals surface area contributed by atoms with E-state index in [9.17, 15) is 22.8 Å². The molecule has 0 saturated heterocycles. The van der Waals surface area contributed by atoms with E-state index in [2.05, 4.69) is 4.98 Å². The second-order valence-corrected chi connectivity index (χ2v) is 10.2. The summed E-state index contributed by atoms with van der Waals surface area (Å²) in [7, 11) is 1.52. The number of aromatic amines is 1. The van der Waals surface area contributed by atoms with E-state index in [0.717, 1.165) is 39.9 Å². The summed E-state index contributed by atoms with van der Waals surface area (Å²) in [5.74, 6) is -0.237. The molecule has 2 amide bonds. The maximum Gasteiger partial charge on any atom is 0.416 e. The van der Waals surface area contributed by atoms with Crippen molar-refractivity contribution in [2.45, 2.75) is 32.5 Å². The molecule has 1 N–H and O–H groups in total. The largest absolute Gasteiger partial charge is 0.494 e. The molecule has 0 radical (unpaired) electrons. The Hall–Kier alpha value is -4.31. The monoisotopic (exact) mass is 595 g/mol. The first kappa shape index (κ1) is 31.6. The average molecular weight is 596 g/mol. The summed E-state index contributed by atoms with van der Waals surface area (Å²) >= 11 is 0. The lowest BCUT2D eigenvalue weighted by Gasteiger charge is -2.28. The minimum atomic E-state index is -4.59. The summed E-state index contributed by atoms with van der Waals surface area (Å²) < 4.78 is 50.7. The predicted octanol–water partition coefficient (Wildman–Crippen LogP) is 6.34. The van der Waals surface area contributed by atoms with E-state index in [0.29, 0.717) is 32.6 Å². The number of nitrogens with zero attached hydrogens (tertiary/aromatic N) is 2. The number of aromatic nitrogens is 1. The van der Waals surface area contributed by atoms with Gasteiger partial charge in [-0.3, -0.25) is 9.59 Å². The Bertz CT molecular complexity index is 1500. The third-order valence-corrected chi connectivity index (χ3v) is 7.11. The number of rotatable bonds is 14. The van der Waals surface area contributed by atoms with Crippen molar-refractivity contribution in [2.24, 2.45) is 0 Å². The van der Waals surface area contributed by atoms with Crippen molar-refractivity contribution >= 4 is 22.7 Å². The van der Waals surface area contributed by atoms with Gasteiger partial charge in [-0.25, -0.2) is 0 Å². The van der Waals surface area contributed by atoms with E-state index < -0.39 is 17.6 Å². The molecule has 43 heavy (non-hydrogen) atoms. The van der Waals surface area contributed by atoms with Gasteiger partial charge in [-0.2, -0.15) is 13.2 Å². The zero-order valence-corrected chi connectivity index (χ0v) is 24.3. The maximum absolute atomic E-state index is 13.8. The number of fused-ring (bicyclic) bond motifs is 1. The van der Waals surface area contributed by atoms with Gasteiger partial charge in [0.2, 0.25) is 5.91 Å². The molecule has 0 bridgehead atoms. The van der Waals surface area contributed by atoms with Crippen molar-refractivity contribution in [1.82, 2.24) is 14.8 Å². The van der Waals surface area contributed by atoms with Crippen LogP contribution in [-0.2, 0) is 28.7 Å². The zero-order valence-electron chi connectivity index (χ0n) is 24.3. The topological polar surface area (TPSA) is 74.9 Å². The molecule has 0 aliphatic rings. The van der Waals surface area contributed by atoms with Crippen molar-refractivity contribution in [3.63, 3.8) is 0 Å². The molecule has 4 aromatic rings. The Morgan fingerprint density at radius 2 is 1.70 bits per heavy atom. The molecule has 0 fully saturated rings. The van der Waals surface area contributed by atoms with E-state index in [4.69, 9.17) is 9.47 Å². The molecule has 7 nitrogen and oxygen atoms in total. The predicted molar refractivity (Wildman–Crippen MR) is 159 cm³/mol. The van der Waals surface area contributed by atoms with Crippen LogP contribution in [0.3, 0.4) is 0 Å². The highest BCUT2D eigenvalue weighted by atomic mass is 19.4. The van der Waals surface area contributed by atoms with Crippen LogP contribution in [0.5, 0.6) is 5.75 Å². The fourth-order valence-electron chi connectivity index (χ4n) is 4.89. The van der Waals surface area contributed by atoms with Crippen LogP contribution >= 0.6 is 0 Å². The summed E-state index contributed by atoms with van der Waals surface area (Å²) in [6.07, 6.45) is -1.68. The molecule has 0 spiro atoms. The molecule has 0 aliphatic carbocycles. The SMILES string of the molecule is CCOc1ccc(CN(CCc2c[nH]c3ccccc23)C(=O)CN(CCCOC)C(=O)c2cccc(C(F)(F)F)c2)cc1. The quantitative estimate of drug-likeness (QED) is 0.173. The number of para-hydroxylation sites is 1. The molecule has 0 atom stereocenters. The highest BCUT2D eigenvalue weighted by Gasteiger charge is 2.32. The highest BCUT2D eigenvalue weighted by Crippen LogP contribution is 2.30. The number of hydrogen-bond acceptors (Lipinski definition) is 4. The minimum Gasteiger partial charge on any atom is -0.494 e. The number of amides is 2.